The molecule has 1 N–H and O–H groups in total. The number of non-ortho nitro benzene ring substituents is 1. The smallest absolute Gasteiger partial charge is 0.267 e. The van der Waals surface area contributed by atoms with Gasteiger partial charge in [0.1, 0.15) is 0 Å². The predicted octanol–water partition coefficient (Wildman–Crippen LogP) is 5.07. The Hall–Kier alpha value is -3.76. The van der Waals surface area contributed by atoms with E-state index in [2.05, 4.69) is 10.5 Å². The molecule has 9 nitrogen and oxygen atoms in total. The minimum atomic E-state index is -0.574. The SMILES string of the molecule is O=C(N/N=C\c1ccc(Sc2ccc(Cl)cc2)c([N+](=O)[O-])c1)c1ccc([N+](=O)[O-])cc1. The van der Waals surface area contributed by atoms with Crippen molar-refractivity contribution in [2.24, 2.45) is 5.10 Å². The molecule has 0 fully saturated rings. The number of amides is 1. The van der Waals surface area contributed by atoms with Gasteiger partial charge in [0.15, 0.2) is 0 Å². The summed E-state index contributed by atoms with van der Waals surface area (Å²) in [7, 11) is 0. The van der Waals surface area contributed by atoms with E-state index >= 15 is 0 Å². The van der Waals surface area contributed by atoms with Gasteiger partial charge >= 0.3 is 0 Å². The molecule has 3 aromatic carbocycles. The molecule has 11 heteroatoms. The third-order valence-corrected chi connectivity index (χ3v) is 5.27. The molecule has 3 aromatic rings. The fourth-order valence-corrected chi connectivity index (χ4v) is 3.46. The topological polar surface area (TPSA) is 128 Å². The van der Waals surface area contributed by atoms with Crippen molar-refractivity contribution in [3.05, 3.63) is 103 Å². The second-order valence-corrected chi connectivity index (χ2v) is 7.60. The van der Waals surface area contributed by atoms with Crippen molar-refractivity contribution in [2.75, 3.05) is 0 Å². The highest BCUT2D eigenvalue weighted by molar-refractivity contribution is 7.99. The third kappa shape index (κ3) is 5.87. The quantitative estimate of drug-likeness (QED) is 0.300. The predicted molar refractivity (Wildman–Crippen MR) is 117 cm³/mol. The van der Waals surface area contributed by atoms with Crippen LogP contribution in [0, 0.1) is 20.2 Å². The van der Waals surface area contributed by atoms with E-state index in [1.165, 1.54) is 48.3 Å². The first-order chi connectivity index (χ1) is 14.8. The Morgan fingerprint density at radius 3 is 2.26 bits per heavy atom. The van der Waals surface area contributed by atoms with Gasteiger partial charge in [0.05, 0.1) is 21.0 Å². The zero-order valence-electron chi connectivity index (χ0n) is 15.6. The average molecular weight is 457 g/mol. The number of nitro groups is 2. The first kappa shape index (κ1) is 21.9. The zero-order chi connectivity index (χ0) is 22.4. The van der Waals surface area contributed by atoms with Crippen LogP contribution in [0.2, 0.25) is 5.02 Å². The monoisotopic (exact) mass is 456 g/mol. The van der Waals surface area contributed by atoms with E-state index in [1.807, 2.05) is 0 Å². The third-order valence-electron chi connectivity index (χ3n) is 3.94. The maximum Gasteiger partial charge on any atom is 0.283 e. The number of carbonyl (C=O) groups is 1. The van der Waals surface area contributed by atoms with Gasteiger partial charge in [-0.05, 0) is 42.5 Å². The van der Waals surface area contributed by atoms with E-state index in [-0.39, 0.29) is 16.9 Å². The van der Waals surface area contributed by atoms with Gasteiger partial charge in [-0.25, -0.2) is 5.43 Å². The van der Waals surface area contributed by atoms with Crippen LogP contribution in [-0.2, 0) is 0 Å². The molecule has 0 aliphatic carbocycles. The fourth-order valence-electron chi connectivity index (χ4n) is 2.44. The molecular formula is C20H13ClN4O5S. The van der Waals surface area contributed by atoms with Crippen molar-refractivity contribution in [1.29, 1.82) is 0 Å². The van der Waals surface area contributed by atoms with Gasteiger partial charge in [-0.3, -0.25) is 25.0 Å². The minimum absolute atomic E-state index is 0.106. The molecule has 31 heavy (non-hydrogen) atoms. The van der Waals surface area contributed by atoms with Gasteiger partial charge in [-0.2, -0.15) is 5.10 Å². The van der Waals surface area contributed by atoms with E-state index in [0.717, 1.165) is 4.90 Å². The summed E-state index contributed by atoms with van der Waals surface area (Å²) in [5.74, 6) is -0.574. The van der Waals surface area contributed by atoms with Crippen LogP contribution in [0.3, 0.4) is 0 Å². The standard InChI is InChI=1S/C20H13ClN4O5S/c21-15-4-8-17(9-5-15)31-19-10-1-13(11-18(19)25(29)30)12-22-23-20(26)14-2-6-16(7-3-14)24(27)28/h1-12H,(H,23,26)/b22-12-. The highest BCUT2D eigenvalue weighted by Crippen LogP contribution is 2.35. The minimum Gasteiger partial charge on any atom is -0.267 e. The number of hydrogen-bond donors (Lipinski definition) is 1. The Labute approximate surface area is 185 Å². The maximum absolute atomic E-state index is 12.1. The Morgan fingerprint density at radius 2 is 1.65 bits per heavy atom. The van der Waals surface area contributed by atoms with Crippen LogP contribution in [0.5, 0.6) is 0 Å². The molecule has 0 saturated heterocycles. The van der Waals surface area contributed by atoms with Crippen LogP contribution in [-0.4, -0.2) is 22.0 Å². The summed E-state index contributed by atoms with van der Waals surface area (Å²) < 4.78 is 0. The highest BCUT2D eigenvalue weighted by atomic mass is 35.5. The molecule has 0 aromatic heterocycles. The van der Waals surface area contributed by atoms with Gasteiger partial charge in [-0.15, -0.1) is 0 Å². The summed E-state index contributed by atoms with van der Waals surface area (Å²) in [6.45, 7) is 0. The number of hydrogen-bond acceptors (Lipinski definition) is 7. The molecule has 0 spiro atoms. The number of nitrogens with zero attached hydrogens (tertiary/aromatic N) is 3. The zero-order valence-corrected chi connectivity index (χ0v) is 17.2. The first-order valence-corrected chi connectivity index (χ1v) is 9.82. The van der Waals surface area contributed by atoms with E-state index in [4.69, 9.17) is 11.6 Å². The lowest BCUT2D eigenvalue weighted by Gasteiger charge is -2.04. The second kappa shape index (κ2) is 9.83. The number of nitro benzene ring substituents is 2. The number of rotatable bonds is 7. The van der Waals surface area contributed by atoms with Crippen LogP contribution >= 0.6 is 23.4 Å². The Kier molecular flexibility index (Phi) is 6.96. The lowest BCUT2D eigenvalue weighted by Crippen LogP contribution is -2.17. The Balaban J connectivity index is 1.70. The van der Waals surface area contributed by atoms with Crippen LogP contribution < -0.4 is 5.43 Å². The number of carbonyl (C=O) groups excluding carboxylic acids is 1. The largest absolute Gasteiger partial charge is 0.283 e. The van der Waals surface area contributed by atoms with Gasteiger partial charge < -0.3 is 0 Å². The molecule has 0 unspecified atom stereocenters. The molecule has 0 aliphatic rings. The number of hydrazone groups is 1. The summed E-state index contributed by atoms with van der Waals surface area (Å²) in [5.41, 5.74) is 2.63. The molecule has 0 radical (unpaired) electrons. The van der Waals surface area contributed by atoms with Crippen molar-refractivity contribution < 1.29 is 14.6 Å². The lowest BCUT2D eigenvalue weighted by molar-refractivity contribution is -0.387. The van der Waals surface area contributed by atoms with E-state index in [0.29, 0.717) is 15.5 Å². The normalized spacial score (nSPS) is 10.7. The van der Waals surface area contributed by atoms with E-state index in [9.17, 15) is 25.0 Å². The van der Waals surface area contributed by atoms with Crippen molar-refractivity contribution in [1.82, 2.24) is 5.43 Å². The van der Waals surface area contributed by atoms with Crippen molar-refractivity contribution in [3.8, 4) is 0 Å². The Bertz CT molecular complexity index is 1170. The van der Waals surface area contributed by atoms with Crippen LogP contribution in [0.1, 0.15) is 15.9 Å². The van der Waals surface area contributed by atoms with Gasteiger partial charge in [0.25, 0.3) is 17.3 Å². The van der Waals surface area contributed by atoms with E-state index < -0.39 is 15.8 Å². The summed E-state index contributed by atoms with van der Waals surface area (Å²) >= 11 is 7.08. The van der Waals surface area contributed by atoms with E-state index in [1.54, 1.807) is 36.4 Å². The summed E-state index contributed by atoms with van der Waals surface area (Å²) in [6.07, 6.45) is 1.27. The van der Waals surface area contributed by atoms with Gasteiger partial charge in [0.2, 0.25) is 0 Å². The molecule has 0 atom stereocenters. The summed E-state index contributed by atoms with van der Waals surface area (Å²) in [4.78, 5) is 34.4. The maximum atomic E-state index is 12.1. The summed E-state index contributed by atoms with van der Waals surface area (Å²) in [5, 5.41) is 26.5. The second-order valence-electron chi connectivity index (χ2n) is 6.04. The molecule has 0 heterocycles. The van der Waals surface area contributed by atoms with Gasteiger partial charge in [-0.1, -0.05) is 29.4 Å². The summed E-state index contributed by atoms with van der Waals surface area (Å²) in [6, 6.07) is 16.5. The van der Waals surface area contributed by atoms with Crippen molar-refractivity contribution in [2.45, 2.75) is 9.79 Å². The molecule has 3 rings (SSSR count). The molecule has 0 aliphatic heterocycles. The molecular weight excluding hydrogens is 444 g/mol. The van der Waals surface area contributed by atoms with Crippen LogP contribution in [0.4, 0.5) is 11.4 Å². The van der Waals surface area contributed by atoms with Crippen LogP contribution in [0.15, 0.2) is 81.6 Å². The number of nitrogens with one attached hydrogen (secondary N) is 1. The van der Waals surface area contributed by atoms with Crippen LogP contribution in [0.25, 0.3) is 0 Å². The number of benzene rings is 3. The van der Waals surface area contributed by atoms with Crippen molar-refractivity contribution >= 4 is 46.9 Å². The molecule has 1 amide bonds. The first-order valence-electron chi connectivity index (χ1n) is 8.63. The lowest BCUT2D eigenvalue weighted by atomic mass is 10.2. The Morgan fingerprint density at radius 1 is 0.968 bits per heavy atom. The molecule has 0 bridgehead atoms. The average Bonchev–Trinajstić information content (AvgIpc) is 2.76. The number of halogens is 1. The highest BCUT2D eigenvalue weighted by Gasteiger charge is 2.15. The van der Waals surface area contributed by atoms with Crippen molar-refractivity contribution in [3.63, 3.8) is 0 Å². The molecule has 156 valence electrons. The molecule has 0 saturated carbocycles. The van der Waals surface area contributed by atoms with Gasteiger partial charge in [0, 0.05) is 39.2 Å². The fraction of sp³-hybridized carbons (Fsp3) is 0.